The molecule has 0 spiro atoms. The number of fused-ring (bicyclic) bond motifs is 3. The van der Waals surface area contributed by atoms with Gasteiger partial charge in [-0.25, -0.2) is 15.0 Å². The molecule has 4 aromatic rings. The van der Waals surface area contributed by atoms with E-state index in [0.717, 1.165) is 70.9 Å². The van der Waals surface area contributed by atoms with Crippen molar-refractivity contribution in [1.82, 2.24) is 39.7 Å². The molecular formula is C23H26N10OS. The van der Waals surface area contributed by atoms with Crippen LogP contribution in [0.3, 0.4) is 0 Å². The van der Waals surface area contributed by atoms with Crippen molar-refractivity contribution in [2.24, 2.45) is 5.73 Å². The first kappa shape index (κ1) is 20.9. The maximum atomic E-state index is 13.1. The van der Waals surface area contributed by atoms with Crippen LogP contribution in [0.1, 0.15) is 77.2 Å². The van der Waals surface area contributed by atoms with Crippen molar-refractivity contribution in [3.05, 3.63) is 40.8 Å². The number of carbonyl (C=O) groups is 1. The average Bonchev–Trinajstić information content (AvgIpc) is 3.26. The average molecular weight is 491 g/mol. The summed E-state index contributed by atoms with van der Waals surface area (Å²) in [6, 6.07) is 0.335. The molecule has 12 heteroatoms. The van der Waals surface area contributed by atoms with E-state index < -0.39 is 0 Å². The van der Waals surface area contributed by atoms with E-state index in [9.17, 15) is 4.79 Å². The number of hydrogen-bond donors (Lipinski definition) is 3. The molecule has 0 aromatic carbocycles. The van der Waals surface area contributed by atoms with Gasteiger partial charge < -0.3 is 16.4 Å². The summed E-state index contributed by atoms with van der Waals surface area (Å²) in [5.41, 5.74) is 16.5. The Balaban J connectivity index is 1.28. The fraction of sp³-hybridized carbons (Fsp3) is 0.478. The van der Waals surface area contributed by atoms with Gasteiger partial charge in [-0.05, 0) is 44.4 Å². The van der Waals surface area contributed by atoms with Gasteiger partial charge in [-0.15, -0.1) is 11.3 Å². The standard InChI is InChI=1S/C23H26N10OS/c24-7-17-26-9-16(35-17)15-8-29-33-20(25)18(11-1-2-11)19(30-22(15)33)12-5-13-3-4-14(6-12)32(13)23(34)21-27-10-28-31-21/h8-14H,1-7,24-25H2,(H,27,28,31)/t13-,14-/m1/s1. The number of H-pyrrole nitrogens is 1. The quantitative estimate of drug-likeness (QED) is 0.385. The van der Waals surface area contributed by atoms with Gasteiger partial charge >= 0.3 is 0 Å². The molecule has 2 saturated heterocycles. The van der Waals surface area contributed by atoms with Crippen LogP contribution >= 0.6 is 11.3 Å². The molecule has 7 rings (SSSR count). The van der Waals surface area contributed by atoms with Gasteiger partial charge in [0.05, 0.1) is 22.3 Å². The SMILES string of the molecule is NCc1ncc(-c2cnn3c(N)c(C4CC4)c(C4C[C@H]5CC[C@H](C4)N5C(=O)c4ncn[nH]4)nc23)s1. The number of aromatic amines is 1. The zero-order valence-electron chi connectivity index (χ0n) is 19.1. The second kappa shape index (κ2) is 7.82. The molecular weight excluding hydrogens is 464 g/mol. The van der Waals surface area contributed by atoms with Crippen molar-refractivity contribution in [1.29, 1.82) is 0 Å². The number of carbonyl (C=O) groups excluding carboxylic acids is 1. The first-order chi connectivity index (χ1) is 17.1. The maximum Gasteiger partial charge on any atom is 0.291 e. The van der Waals surface area contributed by atoms with E-state index in [1.807, 2.05) is 17.3 Å². The number of nitrogens with two attached hydrogens (primary N) is 2. The van der Waals surface area contributed by atoms with Crippen molar-refractivity contribution in [2.45, 2.75) is 69.0 Å². The molecule has 0 unspecified atom stereocenters. The van der Waals surface area contributed by atoms with Gasteiger partial charge in [-0.3, -0.25) is 9.89 Å². The van der Waals surface area contributed by atoms with E-state index >= 15 is 0 Å². The van der Waals surface area contributed by atoms with Crippen molar-refractivity contribution < 1.29 is 4.79 Å². The first-order valence-corrected chi connectivity index (χ1v) is 12.9. The second-order valence-electron chi connectivity index (χ2n) is 9.79. The number of nitrogens with one attached hydrogen (secondary N) is 1. The molecule has 11 nitrogen and oxygen atoms in total. The van der Waals surface area contributed by atoms with Gasteiger partial charge in [-0.2, -0.15) is 14.7 Å². The predicted octanol–water partition coefficient (Wildman–Crippen LogP) is 2.44. The van der Waals surface area contributed by atoms with Gasteiger partial charge in [0.1, 0.15) is 17.2 Å². The fourth-order valence-electron chi connectivity index (χ4n) is 6.01. The van der Waals surface area contributed by atoms with Crippen LogP contribution in [-0.4, -0.2) is 57.7 Å². The Morgan fingerprint density at radius 1 is 1.11 bits per heavy atom. The largest absolute Gasteiger partial charge is 0.383 e. The molecule has 1 amide bonds. The number of amides is 1. The monoisotopic (exact) mass is 490 g/mol. The van der Waals surface area contributed by atoms with Crippen LogP contribution < -0.4 is 11.5 Å². The maximum absolute atomic E-state index is 13.1. The summed E-state index contributed by atoms with van der Waals surface area (Å²) < 4.78 is 1.78. The number of piperidine rings is 1. The number of hydrogen-bond acceptors (Lipinski definition) is 9. The summed E-state index contributed by atoms with van der Waals surface area (Å²) >= 11 is 1.56. The van der Waals surface area contributed by atoms with Crippen LogP contribution in [0.25, 0.3) is 16.1 Å². The fourth-order valence-corrected chi connectivity index (χ4v) is 6.81. The summed E-state index contributed by atoms with van der Waals surface area (Å²) in [5, 5.41) is 12.1. The summed E-state index contributed by atoms with van der Waals surface area (Å²) in [5.74, 6) is 1.63. The van der Waals surface area contributed by atoms with Gasteiger partial charge in [0.2, 0.25) is 5.82 Å². The number of thiazole rings is 1. The topological polar surface area (TPSA) is 157 Å². The Morgan fingerprint density at radius 2 is 1.91 bits per heavy atom. The summed E-state index contributed by atoms with van der Waals surface area (Å²) in [7, 11) is 0. The lowest BCUT2D eigenvalue weighted by molar-refractivity contribution is 0.0557. The minimum atomic E-state index is -0.0576. The molecule has 2 aliphatic heterocycles. The molecule has 3 fully saturated rings. The molecule has 0 radical (unpaired) electrons. The normalized spacial score (nSPS) is 23.9. The van der Waals surface area contributed by atoms with E-state index in [2.05, 4.69) is 25.3 Å². The molecule has 1 aliphatic carbocycles. The molecule has 2 atom stereocenters. The Labute approximate surface area is 205 Å². The third-order valence-corrected chi connectivity index (χ3v) is 8.75. The highest BCUT2D eigenvalue weighted by atomic mass is 32.1. The zero-order valence-corrected chi connectivity index (χ0v) is 19.9. The number of anilines is 1. The number of nitrogens with zero attached hydrogens (tertiary/aromatic N) is 7. The molecule has 3 aliphatic rings. The highest BCUT2D eigenvalue weighted by Gasteiger charge is 2.46. The van der Waals surface area contributed by atoms with Crippen molar-refractivity contribution in [3.8, 4) is 10.4 Å². The van der Waals surface area contributed by atoms with E-state index in [-0.39, 0.29) is 23.9 Å². The third-order valence-electron chi connectivity index (χ3n) is 7.70. The van der Waals surface area contributed by atoms with Crippen LogP contribution in [0.5, 0.6) is 0 Å². The Hall–Kier alpha value is -3.38. The lowest BCUT2D eigenvalue weighted by atomic mass is 9.85. The second-order valence-corrected chi connectivity index (χ2v) is 10.9. The van der Waals surface area contributed by atoms with Crippen molar-refractivity contribution >= 4 is 28.7 Å². The number of aromatic nitrogens is 7. The van der Waals surface area contributed by atoms with Crippen LogP contribution in [0, 0.1) is 0 Å². The van der Waals surface area contributed by atoms with Crippen molar-refractivity contribution in [2.75, 3.05) is 5.73 Å². The summed E-state index contributed by atoms with van der Waals surface area (Å²) in [6.07, 6.45) is 11.1. The molecule has 5 N–H and O–H groups in total. The molecule has 2 bridgehead atoms. The molecule has 4 aromatic heterocycles. The van der Waals surface area contributed by atoms with Crippen LogP contribution in [0.15, 0.2) is 18.7 Å². The summed E-state index contributed by atoms with van der Waals surface area (Å²) in [6.45, 7) is 0.407. The smallest absolute Gasteiger partial charge is 0.291 e. The van der Waals surface area contributed by atoms with Crippen LogP contribution in [-0.2, 0) is 6.54 Å². The van der Waals surface area contributed by atoms with Crippen LogP contribution in [0.4, 0.5) is 5.82 Å². The van der Waals surface area contributed by atoms with Gasteiger partial charge in [0.25, 0.3) is 5.91 Å². The Morgan fingerprint density at radius 3 is 2.57 bits per heavy atom. The predicted molar refractivity (Wildman–Crippen MR) is 130 cm³/mol. The highest BCUT2D eigenvalue weighted by Crippen LogP contribution is 2.50. The lowest BCUT2D eigenvalue weighted by Crippen LogP contribution is -2.46. The van der Waals surface area contributed by atoms with Gasteiger partial charge in [0, 0.05) is 36.3 Å². The molecule has 35 heavy (non-hydrogen) atoms. The lowest BCUT2D eigenvalue weighted by Gasteiger charge is -2.39. The number of rotatable bonds is 5. The summed E-state index contributed by atoms with van der Waals surface area (Å²) in [4.78, 5) is 29.9. The molecule has 1 saturated carbocycles. The zero-order chi connectivity index (χ0) is 23.7. The van der Waals surface area contributed by atoms with Crippen LogP contribution in [0.2, 0.25) is 0 Å². The minimum Gasteiger partial charge on any atom is -0.383 e. The third kappa shape index (κ3) is 3.27. The van der Waals surface area contributed by atoms with E-state index in [1.165, 1.54) is 6.33 Å². The number of nitrogen functional groups attached to an aromatic ring is 1. The Bertz CT molecular complexity index is 1410. The minimum absolute atomic E-state index is 0.0576. The van der Waals surface area contributed by atoms with E-state index in [1.54, 1.807) is 15.9 Å². The Kier molecular flexibility index (Phi) is 4.68. The van der Waals surface area contributed by atoms with Gasteiger partial charge in [0.15, 0.2) is 5.65 Å². The van der Waals surface area contributed by atoms with Crippen molar-refractivity contribution in [3.63, 3.8) is 0 Å². The van der Waals surface area contributed by atoms with Gasteiger partial charge in [-0.1, -0.05) is 0 Å². The first-order valence-electron chi connectivity index (χ1n) is 12.1. The molecule has 6 heterocycles. The van der Waals surface area contributed by atoms with E-state index in [4.69, 9.17) is 16.5 Å². The highest BCUT2D eigenvalue weighted by molar-refractivity contribution is 7.15. The van der Waals surface area contributed by atoms with E-state index in [0.29, 0.717) is 24.1 Å². The molecule has 180 valence electrons.